The maximum Gasteiger partial charge on any atom is 0.178 e. The highest BCUT2D eigenvalue weighted by atomic mass is 32.2. The fraction of sp³-hybridized carbons (Fsp3) is 0.0714. The van der Waals surface area contributed by atoms with Crippen molar-refractivity contribution in [3.63, 3.8) is 0 Å². The summed E-state index contributed by atoms with van der Waals surface area (Å²) in [5.41, 5.74) is 5.31. The van der Waals surface area contributed by atoms with Crippen LogP contribution >= 0.6 is 0 Å². The van der Waals surface area contributed by atoms with E-state index >= 15 is 0 Å². The van der Waals surface area contributed by atoms with Crippen molar-refractivity contribution in [2.24, 2.45) is 0 Å². The van der Waals surface area contributed by atoms with Crippen LogP contribution in [0, 0.1) is 0 Å². The minimum absolute atomic E-state index is 0.109. The van der Waals surface area contributed by atoms with Gasteiger partial charge in [0.05, 0.1) is 10.6 Å². The molecular weight excluding hydrogens is 414 g/mol. The van der Waals surface area contributed by atoms with Crippen LogP contribution in [0.3, 0.4) is 0 Å². The van der Waals surface area contributed by atoms with Crippen LogP contribution < -0.4 is 4.90 Å². The monoisotopic (exact) mass is 439 g/mol. The van der Waals surface area contributed by atoms with Crippen LogP contribution in [-0.4, -0.2) is 14.2 Å². The number of para-hydroxylation sites is 2. The van der Waals surface area contributed by atoms with E-state index in [1.165, 1.54) is 0 Å². The molecule has 4 aromatic rings. The van der Waals surface area contributed by atoms with Gasteiger partial charge in [0, 0.05) is 17.1 Å². The molecule has 0 heterocycles. The van der Waals surface area contributed by atoms with E-state index in [1.807, 2.05) is 60.7 Å². The van der Waals surface area contributed by atoms with Gasteiger partial charge in [-0.2, -0.15) is 0 Å². The Morgan fingerprint density at radius 3 is 1.44 bits per heavy atom. The molecule has 0 aliphatic heterocycles. The van der Waals surface area contributed by atoms with Crippen LogP contribution in [0.1, 0.15) is 18.1 Å². The lowest BCUT2D eigenvalue weighted by Gasteiger charge is -2.25. The lowest BCUT2D eigenvalue weighted by molar-refractivity contribution is 0.597. The summed E-state index contributed by atoms with van der Waals surface area (Å²) in [7, 11) is -3.17. The smallest absolute Gasteiger partial charge is 0.178 e. The number of hydrogen-bond acceptors (Lipinski definition) is 3. The molecular formula is C28H25NO2S. The third-order valence-electron chi connectivity index (χ3n) is 5.27. The summed E-state index contributed by atoms with van der Waals surface area (Å²) >= 11 is 0. The number of anilines is 3. The Hall–Kier alpha value is -3.63. The first kappa shape index (κ1) is 21.6. The Morgan fingerprint density at radius 1 is 0.594 bits per heavy atom. The van der Waals surface area contributed by atoms with Crippen molar-refractivity contribution in [2.45, 2.75) is 11.8 Å². The van der Waals surface area contributed by atoms with E-state index < -0.39 is 9.84 Å². The average Bonchev–Trinajstić information content (AvgIpc) is 2.85. The molecule has 0 radical (unpaired) electrons. The Morgan fingerprint density at radius 2 is 1.00 bits per heavy atom. The van der Waals surface area contributed by atoms with E-state index in [-0.39, 0.29) is 5.75 Å². The number of rotatable bonds is 7. The standard InChI is InChI=1S/C28H25NO2S/c1-2-32(30,31)28-21-17-24(18-22-28)14-13-23-15-19-27(20-16-23)29(25-9-5-3-6-10-25)26-11-7-4-8-12-26/h3-22H,2H2,1H3. The summed E-state index contributed by atoms with van der Waals surface area (Å²) in [4.78, 5) is 2.59. The Kier molecular flexibility index (Phi) is 6.52. The van der Waals surface area contributed by atoms with Gasteiger partial charge in [-0.3, -0.25) is 0 Å². The predicted octanol–water partition coefficient (Wildman–Crippen LogP) is 7.12. The van der Waals surface area contributed by atoms with Crippen LogP contribution in [0.4, 0.5) is 17.1 Å². The van der Waals surface area contributed by atoms with Gasteiger partial charge in [0.2, 0.25) is 0 Å². The highest BCUT2D eigenvalue weighted by molar-refractivity contribution is 7.91. The zero-order valence-corrected chi connectivity index (χ0v) is 18.7. The quantitative estimate of drug-likeness (QED) is 0.288. The summed E-state index contributed by atoms with van der Waals surface area (Å²) in [6, 6.07) is 36.0. The van der Waals surface area contributed by atoms with Gasteiger partial charge in [-0.05, 0) is 59.7 Å². The highest BCUT2D eigenvalue weighted by Crippen LogP contribution is 2.34. The molecule has 0 unspecified atom stereocenters. The second kappa shape index (κ2) is 9.67. The lowest BCUT2D eigenvalue weighted by atomic mass is 10.1. The molecule has 0 amide bonds. The largest absolute Gasteiger partial charge is 0.311 e. The van der Waals surface area contributed by atoms with Crippen LogP contribution in [0.15, 0.2) is 114 Å². The van der Waals surface area contributed by atoms with Crippen molar-refractivity contribution < 1.29 is 8.42 Å². The maximum absolute atomic E-state index is 12.0. The Balaban J connectivity index is 1.56. The molecule has 0 N–H and O–H groups in total. The first-order chi connectivity index (χ1) is 15.6. The highest BCUT2D eigenvalue weighted by Gasteiger charge is 2.12. The van der Waals surface area contributed by atoms with Crippen molar-refractivity contribution >= 4 is 39.1 Å². The summed E-state index contributed by atoms with van der Waals surface area (Å²) in [6.07, 6.45) is 4.02. The summed E-state index contributed by atoms with van der Waals surface area (Å²) < 4.78 is 23.9. The molecule has 0 aromatic heterocycles. The van der Waals surface area contributed by atoms with Gasteiger partial charge in [0.15, 0.2) is 9.84 Å². The van der Waals surface area contributed by atoms with Crippen molar-refractivity contribution in [1.29, 1.82) is 0 Å². The second-order valence-electron chi connectivity index (χ2n) is 7.40. The van der Waals surface area contributed by atoms with E-state index in [4.69, 9.17) is 0 Å². The van der Waals surface area contributed by atoms with Crippen molar-refractivity contribution in [3.8, 4) is 0 Å². The molecule has 0 bridgehead atoms. The molecule has 0 aliphatic carbocycles. The predicted molar refractivity (Wildman–Crippen MR) is 134 cm³/mol. The number of sulfone groups is 1. The molecule has 3 nitrogen and oxygen atoms in total. The average molecular weight is 440 g/mol. The van der Waals surface area contributed by atoms with Crippen LogP contribution in [0.2, 0.25) is 0 Å². The third kappa shape index (κ3) is 4.98. The minimum Gasteiger partial charge on any atom is -0.311 e. The summed E-state index contributed by atoms with van der Waals surface area (Å²) in [6.45, 7) is 1.66. The molecule has 4 heteroatoms. The van der Waals surface area contributed by atoms with E-state index in [0.717, 1.165) is 28.2 Å². The van der Waals surface area contributed by atoms with Crippen molar-refractivity contribution in [2.75, 3.05) is 10.7 Å². The molecule has 0 saturated heterocycles. The number of benzene rings is 4. The third-order valence-corrected chi connectivity index (χ3v) is 7.02. The molecule has 0 atom stereocenters. The number of hydrogen-bond donors (Lipinski definition) is 0. The molecule has 0 fully saturated rings. The van der Waals surface area contributed by atoms with E-state index in [9.17, 15) is 8.42 Å². The zero-order valence-electron chi connectivity index (χ0n) is 17.9. The molecule has 0 saturated carbocycles. The minimum atomic E-state index is -3.17. The normalized spacial score (nSPS) is 11.5. The Bertz CT molecular complexity index is 1240. The molecule has 160 valence electrons. The van der Waals surface area contributed by atoms with E-state index in [0.29, 0.717) is 4.90 Å². The molecule has 32 heavy (non-hydrogen) atoms. The van der Waals surface area contributed by atoms with Gasteiger partial charge >= 0.3 is 0 Å². The lowest BCUT2D eigenvalue weighted by Crippen LogP contribution is -2.09. The maximum atomic E-state index is 12.0. The topological polar surface area (TPSA) is 37.4 Å². The van der Waals surface area contributed by atoms with Crippen molar-refractivity contribution in [1.82, 2.24) is 0 Å². The van der Waals surface area contributed by atoms with E-state index in [1.54, 1.807) is 19.1 Å². The van der Waals surface area contributed by atoms with Crippen LogP contribution in [0.5, 0.6) is 0 Å². The van der Waals surface area contributed by atoms with Gasteiger partial charge < -0.3 is 4.90 Å². The summed E-state index contributed by atoms with van der Waals surface area (Å²) in [5, 5.41) is 0. The first-order valence-electron chi connectivity index (χ1n) is 10.6. The molecule has 0 spiro atoms. The molecule has 4 aromatic carbocycles. The molecule has 0 aliphatic rings. The SMILES string of the molecule is CCS(=O)(=O)c1ccc(C=Cc2ccc(N(c3ccccc3)c3ccccc3)cc2)cc1. The zero-order chi connectivity index (χ0) is 22.4. The fourth-order valence-corrected chi connectivity index (χ4v) is 4.37. The van der Waals surface area contributed by atoms with Gasteiger partial charge in [-0.1, -0.05) is 79.7 Å². The number of nitrogens with zero attached hydrogens (tertiary/aromatic N) is 1. The van der Waals surface area contributed by atoms with Crippen molar-refractivity contribution in [3.05, 3.63) is 120 Å². The van der Waals surface area contributed by atoms with Crippen LogP contribution in [-0.2, 0) is 9.84 Å². The van der Waals surface area contributed by atoms with Gasteiger partial charge in [0.25, 0.3) is 0 Å². The van der Waals surface area contributed by atoms with Gasteiger partial charge in [-0.15, -0.1) is 0 Å². The summed E-state index contributed by atoms with van der Waals surface area (Å²) in [5.74, 6) is 0.109. The molecule has 4 rings (SSSR count). The van der Waals surface area contributed by atoms with E-state index in [2.05, 4.69) is 53.4 Å². The second-order valence-corrected chi connectivity index (χ2v) is 9.68. The van der Waals surface area contributed by atoms with Crippen LogP contribution in [0.25, 0.3) is 12.2 Å². The Labute approximate surface area is 190 Å². The first-order valence-corrected chi connectivity index (χ1v) is 12.2. The fourth-order valence-electron chi connectivity index (χ4n) is 3.48. The van der Waals surface area contributed by atoms with Gasteiger partial charge in [-0.25, -0.2) is 8.42 Å². The van der Waals surface area contributed by atoms with Gasteiger partial charge in [0.1, 0.15) is 0 Å².